The minimum atomic E-state index is -1.25. The molecule has 0 fully saturated rings. The number of thiophene rings is 1. The third-order valence-corrected chi connectivity index (χ3v) is 12.5. The van der Waals surface area contributed by atoms with Crippen LogP contribution in [0.5, 0.6) is 5.75 Å². The molecule has 14 heteroatoms. The molecule has 0 saturated heterocycles. The van der Waals surface area contributed by atoms with Crippen LogP contribution in [0, 0.1) is 0 Å². The van der Waals surface area contributed by atoms with Crippen LogP contribution < -0.4 is 15.4 Å². The standard InChI is InChI=1S/C41H50N4O7S3/c1-5-6-7-8-9-21-52-31-16-14-28(15-17-31)30-24-42-37(43-25-30)29-12-10-27(11-13-29)23-32(44-39(49)34-18-19-35(55-34)41(2,3)4)38(48)45-33(40(50)51)26-54-53-22-20-36(46)47/h10-19,24-25,32-33H,5-9,20-23,26H2,1-4H3,(H,44,49)(H,45,48)(H,46,47)(H,50,51)/t32?,33-/m0/s1. The van der Waals surface area contributed by atoms with Crippen molar-refractivity contribution in [1.29, 1.82) is 0 Å². The molecule has 294 valence electrons. The summed E-state index contributed by atoms with van der Waals surface area (Å²) >= 11 is 1.34. The van der Waals surface area contributed by atoms with Gasteiger partial charge in [0, 0.05) is 46.3 Å². The molecule has 4 aromatic rings. The number of carbonyl (C=O) groups is 4. The zero-order valence-corrected chi connectivity index (χ0v) is 34.2. The summed E-state index contributed by atoms with van der Waals surface area (Å²) in [6.45, 7) is 9.07. The fourth-order valence-corrected chi connectivity index (χ4v) is 8.45. The van der Waals surface area contributed by atoms with Crippen molar-refractivity contribution in [1.82, 2.24) is 20.6 Å². The first-order valence-electron chi connectivity index (χ1n) is 18.4. The fourth-order valence-electron chi connectivity index (χ4n) is 5.34. The SMILES string of the molecule is CCCCCCCOc1ccc(-c2cnc(-c3ccc(CC(NC(=O)c4ccc(C(C)(C)C)s4)C(=O)N[C@@H](CSSCCC(=O)O)C(=O)O)cc3)nc2)cc1. The first-order chi connectivity index (χ1) is 26.3. The summed E-state index contributed by atoms with van der Waals surface area (Å²) in [5, 5.41) is 24.1. The first kappa shape index (κ1) is 43.3. The monoisotopic (exact) mass is 806 g/mol. The van der Waals surface area contributed by atoms with Gasteiger partial charge in [0.25, 0.3) is 5.91 Å². The van der Waals surface area contributed by atoms with E-state index >= 15 is 0 Å². The summed E-state index contributed by atoms with van der Waals surface area (Å²) in [7, 11) is 2.38. The van der Waals surface area contributed by atoms with Crippen LogP contribution >= 0.6 is 32.9 Å². The Bertz CT molecular complexity index is 1840. The number of carboxylic acids is 2. The zero-order valence-electron chi connectivity index (χ0n) is 31.7. The van der Waals surface area contributed by atoms with Gasteiger partial charge < -0.3 is 25.6 Å². The van der Waals surface area contributed by atoms with Gasteiger partial charge in [-0.15, -0.1) is 11.3 Å². The van der Waals surface area contributed by atoms with Crippen LogP contribution in [0.3, 0.4) is 0 Å². The molecule has 11 nitrogen and oxygen atoms in total. The molecule has 1 unspecified atom stereocenters. The summed E-state index contributed by atoms with van der Waals surface area (Å²) in [4.78, 5) is 60.5. The molecule has 0 aliphatic rings. The highest BCUT2D eigenvalue weighted by Crippen LogP contribution is 2.30. The maximum absolute atomic E-state index is 13.6. The smallest absolute Gasteiger partial charge is 0.327 e. The average molecular weight is 807 g/mol. The number of aliphatic carboxylic acids is 2. The normalized spacial score (nSPS) is 12.4. The molecular weight excluding hydrogens is 757 g/mol. The minimum Gasteiger partial charge on any atom is -0.494 e. The molecule has 4 rings (SSSR count). The van der Waals surface area contributed by atoms with Crippen molar-refractivity contribution in [3.05, 3.63) is 88.4 Å². The number of hydrogen-bond donors (Lipinski definition) is 4. The highest BCUT2D eigenvalue weighted by atomic mass is 33.1. The summed E-state index contributed by atoms with van der Waals surface area (Å²) in [6, 6.07) is 16.5. The van der Waals surface area contributed by atoms with E-state index in [9.17, 15) is 24.3 Å². The van der Waals surface area contributed by atoms with Crippen LogP contribution in [0.2, 0.25) is 0 Å². The molecule has 2 amide bonds. The van der Waals surface area contributed by atoms with Crippen LogP contribution in [0.15, 0.2) is 73.1 Å². The van der Waals surface area contributed by atoms with E-state index in [2.05, 4.69) is 48.3 Å². The van der Waals surface area contributed by atoms with Crippen molar-refractivity contribution in [3.63, 3.8) is 0 Å². The molecule has 0 saturated carbocycles. The number of amides is 2. The number of rotatable bonds is 22. The minimum absolute atomic E-state index is 0.0123. The Morgan fingerprint density at radius 3 is 2.09 bits per heavy atom. The summed E-state index contributed by atoms with van der Waals surface area (Å²) in [5.41, 5.74) is 3.18. The largest absolute Gasteiger partial charge is 0.494 e. The number of aromatic nitrogens is 2. The quantitative estimate of drug-likeness (QED) is 0.0446. The van der Waals surface area contributed by atoms with E-state index in [1.807, 2.05) is 54.6 Å². The third-order valence-electron chi connectivity index (χ3n) is 8.53. The lowest BCUT2D eigenvalue weighted by atomic mass is 9.95. The van der Waals surface area contributed by atoms with Crippen LogP contribution in [0.4, 0.5) is 0 Å². The zero-order chi connectivity index (χ0) is 39.8. The predicted octanol–water partition coefficient (Wildman–Crippen LogP) is 8.29. The van der Waals surface area contributed by atoms with Gasteiger partial charge in [0.15, 0.2) is 5.82 Å². The number of unbranched alkanes of at least 4 members (excludes halogenated alkanes) is 4. The molecule has 2 aromatic heterocycles. The molecule has 0 aliphatic carbocycles. The molecule has 2 atom stereocenters. The van der Waals surface area contributed by atoms with Gasteiger partial charge in [0.05, 0.1) is 17.9 Å². The lowest BCUT2D eigenvalue weighted by molar-refractivity contribution is -0.141. The summed E-state index contributed by atoms with van der Waals surface area (Å²) < 4.78 is 5.89. The van der Waals surface area contributed by atoms with Crippen molar-refractivity contribution < 1.29 is 34.1 Å². The molecule has 0 bridgehead atoms. The van der Waals surface area contributed by atoms with Crippen molar-refractivity contribution in [2.24, 2.45) is 0 Å². The van der Waals surface area contributed by atoms with E-state index in [4.69, 9.17) is 9.84 Å². The molecule has 2 heterocycles. The highest BCUT2D eigenvalue weighted by molar-refractivity contribution is 8.76. The molecule has 4 N–H and O–H groups in total. The number of nitrogens with zero attached hydrogens (tertiary/aromatic N) is 2. The number of nitrogens with one attached hydrogen (secondary N) is 2. The van der Waals surface area contributed by atoms with Gasteiger partial charge in [0.2, 0.25) is 5.91 Å². The van der Waals surface area contributed by atoms with Gasteiger partial charge >= 0.3 is 11.9 Å². The predicted molar refractivity (Wildman–Crippen MR) is 222 cm³/mol. The van der Waals surface area contributed by atoms with Crippen molar-refractivity contribution >= 4 is 56.7 Å². The third kappa shape index (κ3) is 14.3. The van der Waals surface area contributed by atoms with E-state index < -0.39 is 35.8 Å². The second-order valence-corrected chi connectivity index (χ2v) is 17.8. The van der Waals surface area contributed by atoms with Gasteiger partial charge in [0.1, 0.15) is 17.8 Å². The Hall–Kier alpha value is -4.40. The second-order valence-electron chi connectivity index (χ2n) is 14.1. The summed E-state index contributed by atoms with van der Waals surface area (Å²) in [6.07, 6.45) is 9.53. The van der Waals surface area contributed by atoms with Gasteiger partial charge in [-0.05, 0) is 47.2 Å². The Kier molecular flexibility index (Phi) is 17.0. The maximum atomic E-state index is 13.6. The first-order valence-corrected chi connectivity index (χ1v) is 21.7. The Morgan fingerprint density at radius 1 is 0.800 bits per heavy atom. The van der Waals surface area contributed by atoms with Crippen molar-refractivity contribution in [2.75, 3.05) is 18.1 Å². The average Bonchev–Trinajstić information content (AvgIpc) is 3.68. The fraction of sp³-hybridized carbons (Fsp3) is 0.415. The van der Waals surface area contributed by atoms with Crippen LogP contribution in [-0.2, 0) is 26.2 Å². The molecule has 0 aliphatic heterocycles. The number of ether oxygens (including phenoxy) is 1. The van der Waals surface area contributed by atoms with E-state index in [0.29, 0.717) is 23.1 Å². The number of benzene rings is 2. The molecule has 0 spiro atoms. The lowest BCUT2D eigenvalue weighted by Gasteiger charge is -2.21. The Morgan fingerprint density at radius 2 is 1.47 bits per heavy atom. The topological polar surface area (TPSA) is 168 Å². The summed E-state index contributed by atoms with van der Waals surface area (Å²) in [5.74, 6) is -1.59. The maximum Gasteiger partial charge on any atom is 0.327 e. The number of carbonyl (C=O) groups excluding carboxylic acids is 2. The van der Waals surface area contributed by atoms with Crippen LogP contribution in [0.25, 0.3) is 22.5 Å². The van der Waals surface area contributed by atoms with Crippen molar-refractivity contribution in [3.8, 4) is 28.3 Å². The van der Waals surface area contributed by atoms with Crippen LogP contribution in [0.1, 0.15) is 86.3 Å². The molecular formula is C41H50N4O7S3. The highest BCUT2D eigenvalue weighted by Gasteiger charge is 2.28. The van der Waals surface area contributed by atoms with Gasteiger partial charge in [-0.25, -0.2) is 14.8 Å². The van der Waals surface area contributed by atoms with Gasteiger partial charge in [-0.2, -0.15) is 0 Å². The molecule has 0 radical (unpaired) electrons. The van der Waals surface area contributed by atoms with Crippen molar-refractivity contribution in [2.45, 2.75) is 90.1 Å². The number of hydrogen-bond acceptors (Lipinski definition) is 10. The second kappa shape index (κ2) is 21.6. The van der Waals surface area contributed by atoms with E-state index in [1.54, 1.807) is 18.5 Å². The Labute approximate surface area is 334 Å². The van der Waals surface area contributed by atoms with E-state index in [-0.39, 0.29) is 24.0 Å². The van der Waals surface area contributed by atoms with Gasteiger partial charge in [-0.3, -0.25) is 14.4 Å². The lowest BCUT2D eigenvalue weighted by Crippen LogP contribution is -2.53. The molecule has 2 aromatic carbocycles. The Balaban J connectivity index is 1.42. The van der Waals surface area contributed by atoms with Crippen LogP contribution in [-0.4, -0.2) is 74.1 Å². The van der Waals surface area contributed by atoms with E-state index in [0.717, 1.165) is 50.1 Å². The molecule has 55 heavy (non-hydrogen) atoms. The van der Waals surface area contributed by atoms with E-state index in [1.165, 1.54) is 47.8 Å². The number of carboxylic acid groups (broad SMARTS) is 2. The van der Waals surface area contributed by atoms with Gasteiger partial charge in [-0.1, -0.05) is 111 Å².